The molecule has 2 aromatic carbocycles. The molecule has 0 aliphatic carbocycles. The molecule has 0 spiro atoms. The number of likely N-dealkylation sites (N-methyl/N-ethyl adjacent to an activating group) is 1. The molecule has 0 N–H and O–H groups in total. The highest BCUT2D eigenvalue weighted by Crippen LogP contribution is 2.24. The molecule has 27 heavy (non-hydrogen) atoms. The molecule has 0 amide bonds. The van der Waals surface area contributed by atoms with E-state index in [9.17, 15) is 4.79 Å². The third kappa shape index (κ3) is 3.45. The van der Waals surface area contributed by atoms with Crippen LogP contribution in [-0.4, -0.2) is 27.5 Å². The van der Waals surface area contributed by atoms with Crippen molar-refractivity contribution in [1.29, 1.82) is 0 Å². The maximum absolute atomic E-state index is 13.2. The van der Waals surface area contributed by atoms with Gasteiger partial charge in [0.1, 0.15) is 5.82 Å². The lowest BCUT2D eigenvalue weighted by Gasteiger charge is -2.27. The summed E-state index contributed by atoms with van der Waals surface area (Å²) in [4.78, 5) is 20.3. The molecule has 138 valence electrons. The molecule has 4 heteroatoms. The monoisotopic (exact) mass is 359 g/mol. The quantitative estimate of drug-likeness (QED) is 0.714. The van der Waals surface area contributed by atoms with Crippen molar-refractivity contribution < 1.29 is 0 Å². The number of hydrogen-bond donors (Lipinski definition) is 0. The minimum Gasteiger partial charge on any atom is -0.297 e. The van der Waals surface area contributed by atoms with Gasteiger partial charge in [0.15, 0.2) is 0 Å². The Morgan fingerprint density at radius 1 is 1.04 bits per heavy atom. The summed E-state index contributed by atoms with van der Waals surface area (Å²) in [6, 6.07) is 18.6. The molecule has 4 nitrogen and oxygen atoms in total. The van der Waals surface area contributed by atoms with E-state index in [2.05, 4.69) is 36.1 Å². The average molecular weight is 359 g/mol. The maximum Gasteiger partial charge on any atom is 0.257 e. The first-order valence-electron chi connectivity index (χ1n) is 9.62. The van der Waals surface area contributed by atoms with Crippen molar-refractivity contribution in [2.75, 3.05) is 13.1 Å². The minimum atomic E-state index is 0.121. The van der Waals surface area contributed by atoms with Gasteiger partial charge in [-0.15, -0.1) is 0 Å². The second-order valence-electron chi connectivity index (χ2n) is 7.12. The van der Waals surface area contributed by atoms with E-state index in [0.29, 0.717) is 6.54 Å². The number of fused-ring (bicyclic) bond motifs is 1. The van der Waals surface area contributed by atoms with Gasteiger partial charge in [0.25, 0.3) is 5.56 Å². The Labute approximate surface area is 160 Å². The first-order valence-corrected chi connectivity index (χ1v) is 9.62. The predicted octanol–water partition coefficient (Wildman–Crippen LogP) is 3.65. The fraction of sp³-hybridized carbons (Fsp3) is 0.304. The lowest BCUT2D eigenvalue weighted by atomic mass is 9.99. The molecule has 0 unspecified atom stereocenters. The topological polar surface area (TPSA) is 38.1 Å². The Bertz CT molecular complexity index is 1010. The van der Waals surface area contributed by atoms with Gasteiger partial charge < -0.3 is 0 Å². The van der Waals surface area contributed by atoms with E-state index in [1.165, 1.54) is 11.1 Å². The summed E-state index contributed by atoms with van der Waals surface area (Å²) in [5, 5.41) is 0. The van der Waals surface area contributed by atoms with Gasteiger partial charge in [0.05, 0.1) is 12.2 Å². The molecule has 4 rings (SSSR count). The Morgan fingerprint density at radius 2 is 1.78 bits per heavy atom. The molecule has 3 aromatic rings. The van der Waals surface area contributed by atoms with E-state index in [1.54, 1.807) is 0 Å². The Morgan fingerprint density at radius 3 is 2.56 bits per heavy atom. The van der Waals surface area contributed by atoms with E-state index in [-0.39, 0.29) is 5.56 Å². The van der Waals surface area contributed by atoms with Crippen molar-refractivity contribution in [3.05, 3.63) is 87.6 Å². The normalized spacial score (nSPS) is 14.1. The van der Waals surface area contributed by atoms with Crippen molar-refractivity contribution in [2.24, 2.45) is 0 Å². The Balaban J connectivity index is 1.74. The smallest absolute Gasteiger partial charge is 0.257 e. The predicted molar refractivity (Wildman–Crippen MR) is 109 cm³/mol. The van der Waals surface area contributed by atoms with Crippen molar-refractivity contribution in [3.63, 3.8) is 0 Å². The lowest BCUT2D eigenvalue weighted by Crippen LogP contribution is -2.38. The van der Waals surface area contributed by atoms with Gasteiger partial charge in [-0.1, -0.05) is 61.5 Å². The van der Waals surface area contributed by atoms with Gasteiger partial charge in [-0.05, 0) is 36.6 Å². The number of hydrogen-bond acceptors (Lipinski definition) is 3. The van der Waals surface area contributed by atoms with E-state index >= 15 is 0 Å². The zero-order chi connectivity index (χ0) is 18.8. The van der Waals surface area contributed by atoms with Crippen molar-refractivity contribution >= 4 is 0 Å². The van der Waals surface area contributed by atoms with Gasteiger partial charge in [-0.2, -0.15) is 0 Å². The van der Waals surface area contributed by atoms with Crippen molar-refractivity contribution in [1.82, 2.24) is 14.5 Å². The van der Waals surface area contributed by atoms with E-state index < -0.39 is 0 Å². The highest BCUT2D eigenvalue weighted by molar-refractivity contribution is 5.67. The molecule has 0 radical (unpaired) electrons. The van der Waals surface area contributed by atoms with E-state index in [0.717, 1.165) is 48.7 Å². The van der Waals surface area contributed by atoms with Crippen LogP contribution in [0.2, 0.25) is 0 Å². The highest BCUT2D eigenvalue weighted by atomic mass is 16.1. The molecular weight excluding hydrogens is 334 g/mol. The van der Waals surface area contributed by atoms with Crippen LogP contribution >= 0.6 is 0 Å². The number of nitrogens with zero attached hydrogens (tertiary/aromatic N) is 3. The van der Waals surface area contributed by atoms with Crippen LogP contribution in [0, 0.1) is 6.92 Å². The summed E-state index contributed by atoms with van der Waals surface area (Å²) < 4.78 is 1.84. The summed E-state index contributed by atoms with van der Waals surface area (Å²) in [5.41, 5.74) is 5.45. The standard InChI is InChI=1S/C23H25N3O/c1-3-25-14-13-21-22(16-25)24-17(2)26(23(21)27)15-19-11-7-8-12-20(19)18-9-5-4-6-10-18/h4-12H,3,13-16H2,1-2H3. The summed E-state index contributed by atoms with van der Waals surface area (Å²) >= 11 is 0. The number of aryl methyl sites for hydroxylation is 1. The van der Waals surface area contributed by atoms with Gasteiger partial charge in [-0.3, -0.25) is 14.3 Å². The van der Waals surface area contributed by atoms with Crippen LogP contribution in [0.3, 0.4) is 0 Å². The molecule has 0 saturated carbocycles. The summed E-state index contributed by atoms with van der Waals surface area (Å²) in [6.45, 7) is 7.35. The fourth-order valence-electron chi connectivity index (χ4n) is 3.88. The van der Waals surface area contributed by atoms with Crippen molar-refractivity contribution in [3.8, 4) is 11.1 Å². The molecule has 0 fully saturated rings. The van der Waals surface area contributed by atoms with Crippen LogP contribution in [0.1, 0.15) is 29.6 Å². The molecule has 0 bridgehead atoms. The van der Waals surface area contributed by atoms with Crippen LogP contribution < -0.4 is 5.56 Å². The molecular formula is C23H25N3O. The van der Waals surface area contributed by atoms with Crippen LogP contribution in [0.4, 0.5) is 0 Å². The lowest BCUT2D eigenvalue weighted by molar-refractivity contribution is 0.261. The number of aromatic nitrogens is 2. The third-order valence-corrected chi connectivity index (χ3v) is 5.47. The number of benzene rings is 2. The zero-order valence-corrected chi connectivity index (χ0v) is 16.0. The molecule has 1 aliphatic rings. The fourth-order valence-corrected chi connectivity index (χ4v) is 3.88. The van der Waals surface area contributed by atoms with Crippen LogP contribution in [-0.2, 0) is 19.5 Å². The van der Waals surface area contributed by atoms with Gasteiger partial charge >= 0.3 is 0 Å². The largest absolute Gasteiger partial charge is 0.297 e. The molecule has 1 aromatic heterocycles. The van der Waals surface area contributed by atoms with Crippen LogP contribution in [0.5, 0.6) is 0 Å². The molecule has 2 heterocycles. The van der Waals surface area contributed by atoms with E-state index in [1.807, 2.05) is 41.8 Å². The highest BCUT2D eigenvalue weighted by Gasteiger charge is 2.21. The SMILES string of the molecule is CCN1CCc2c(nc(C)n(Cc3ccccc3-c3ccccc3)c2=O)C1. The molecule has 0 atom stereocenters. The van der Waals surface area contributed by atoms with E-state index in [4.69, 9.17) is 4.98 Å². The van der Waals surface area contributed by atoms with Crippen LogP contribution in [0.25, 0.3) is 11.1 Å². The second-order valence-corrected chi connectivity index (χ2v) is 7.12. The van der Waals surface area contributed by atoms with Gasteiger partial charge in [0, 0.05) is 18.7 Å². The molecule has 0 saturated heterocycles. The first-order chi connectivity index (χ1) is 13.2. The van der Waals surface area contributed by atoms with Gasteiger partial charge in [-0.25, -0.2) is 4.98 Å². The van der Waals surface area contributed by atoms with Crippen molar-refractivity contribution in [2.45, 2.75) is 33.4 Å². The molecule has 1 aliphatic heterocycles. The van der Waals surface area contributed by atoms with Gasteiger partial charge in [0.2, 0.25) is 0 Å². The Hall–Kier alpha value is -2.72. The average Bonchev–Trinajstić information content (AvgIpc) is 2.71. The Kier molecular flexibility index (Phi) is 4.90. The third-order valence-electron chi connectivity index (χ3n) is 5.47. The summed E-state index contributed by atoms with van der Waals surface area (Å²) in [7, 11) is 0. The van der Waals surface area contributed by atoms with Crippen LogP contribution in [0.15, 0.2) is 59.4 Å². The maximum atomic E-state index is 13.2. The minimum absolute atomic E-state index is 0.121. The summed E-state index contributed by atoms with van der Waals surface area (Å²) in [6.07, 6.45) is 0.787. The summed E-state index contributed by atoms with van der Waals surface area (Å²) in [5.74, 6) is 0.791. The second kappa shape index (κ2) is 7.49. The zero-order valence-electron chi connectivity index (χ0n) is 16.0. The number of rotatable bonds is 4. The first kappa shape index (κ1) is 17.7.